The van der Waals surface area contributed by atoms with E-state index < -0.39 is 0 Å². The minimum atomic E-state index is 0.554. The largest absolute Gasteiger partial charge is 0.493 e. The predicted octanol–water partition coefficient (Wildman–Crippen LogP) is 3.16. The van der Waals surface area contributed by atoms with E-state index in [1.54, 1.807) is 21.3 Å². The van der Waals surface area contributed by atoms with Gasteiger partial charge in [-0.1, -0.05) is 18.2 Å². The molecule has 0 spiro atoms. The summed E-state index contributed by atoms with van der Waals surface area (Å²) in [5.41, 5.74) is 2.58. The number of nitrogens with one attached hydrogen (secondary N) is 1. The SMILES string of the molecule is CNc1nc(-c2c[c]ccc2)c2cc(OC)c(OC)cc2n1. The minimum Gasteiger partial charge on any atom is -0.493 e. The van der Waals surface area contributed by atoms with Crippen LogP contribution in [0.4, 0.5) is 5.95 Å². The van der Waals surface area contributed by atoms with E-state index in [1.807, 2.05) is 36.4 Å². The normalized spacial score (nSPS) is 10.5. The highest BCUT2D eigenvalue weighted by Crippen LogP contribution is 2.35. The molecule has 5 nitrogen and oxygen atoms in total. The number of nitrogens with zero attached hydrogens (tertiary/aromatic N) is 2. The number of fused-ring (bicyclic) bond motifs is 1. The molecule has 1 heterocycles. The Morgan fingerprint density at radius 2 is 1.86 bits per heavy atom. The van der Waals surface area contributed by atoms with Crippen molar-refractivity contribution in [1.82, 2.24) is 9.97 Å². The fourth-order valence-electron chi connectivity index (χ4n) is 2.33. The molecule has 2 aromatic carbocycles. The van der Waals surface area contributed by atoms with Crippen LogP contribution in [0.3, 0.4) is 0 Å². The van der Waals surface area contributed by atoms with Crippen molar-refractivity contribution < 1.29 is 9.47 Å². The molecule has 3 aromatic rings. The lowest BCUT2D eigenvalue weighted by Crippen LogP contribution is -2.00. The summed E-state index contributed by atoms with van der Waals surface area (Å²) >= 11 is 0. The smallest absolute Gasteiger partial charge is 0.223 e. The first-order valence-electron chi connectivity index (χ1n) is 6.85. The zero-order valence-corrected chi connectivity index (χ0v) is 12.7. The van der Waals surface area contributed by atoms with E-state index in [9.17, 15) is 0 Å². The molecule has 1 radical (unpaired) electrons. The van der Waals surface area contributed by atoms with Gasteiger partial charge in [0.1, 0.15) is 0 Å². The molecule has 0 unspecified atom stereocenters. The highest BCUT2D eigenvalue weighted by molar-refractivity contribution is 5.95. The Morgan fingerprint density at radius 3 is 2.50 bits per heavy atom. The topological polar surface area (TPSA) is 56.3 Å². The Labute approximate surface area is 128 Å². The molecule has 5 heteroatoms. The predicted molar refractivity (Wildman–Crippen MR) is 86.5 cm³/mol. The summed E-state index contributed by atoms with van der Waals surface area (Å²) in [5, 5.41) is 3.89. The molecular weight excluding hydrogens is 278 g/mol. The van der Waals surface area contributed by atoms with Crippen molar-refractivity contribution in [2.75, 3.05) is 26.6 Å². The molecule has 0 aliphatic carbocycles. The van der Waals surface area contributed by atoms with Gasteiger partial charge in [0.2, 0.25) is 5.95 Å². The fourth-order valence-corrected chi connectivity index (χ4v) is 2.33. The molecule has 0 aliphatic rings. The number of hydrogen-bond donors (Lipinski definition) is 1. The van der Waals surface area contributed by atoms with Crippen LogP contribution in [0.2, 0.25) is 0 Å². The van der Waals surface area contributed by atoms with Crippen molar-refractivity contribution >= 4 is 16.9 Å². The molecule has 0 atom stereocenters. The van der Waals surface area contributed by atoms with E-state index in [2.05, 4.69) is 21.4 Å². The van der Waals surface area contributed by atoms with Crippen molar-refractivity contribution in [2.24, 2.45) is 0 Å². The van der Waals surface area contributed by atoms with Crippen LogP contribution in [0.15, 0.2) is 36.4 Å². The molecule has 0 saturated heterocycles. The van der Waals surface area contributed by atoms with Crippen molar-refractivity contribution in [3.8, 4) is 22.8 Å². The lowest BCUT2D eigenvalue weighted by Gasteiger charge is -2.12. The van der Waals surface area contributed by atoms with E-state index >= 15 is 0 Å². The maximum absolute atomic E-state index is 5.39. The van der Waals surface area contributed by atoms with E-state index in [4.69, 9.17) is 9.47 Å². The average Bonchev–Trinajstić information content (AvgIpc) is 2.60. The van der Waals surface area contributed by atoms with Crippen molar-refractivity contribution in [3.63, 3.8) is 0 Å². The summed E-state index contributed by atoms with van der Waals surface area (Å²) in [6.07, 6.45) is 0. The maximum atomic E-state index is 5.39. The number of ether oxygens (including phenoxy) is 2. The van der Waals surface area contributed by atoms with Crippen LogP contribution in [0.1, 0.15) is 0 Å². The molecule has 111 valence electrons. The molecule has 3 rings (SSSR count). The summed E-state index contributed by atoms with van der Waals surface area (Å²) in [4.78, 5) is 9.08. The third-order valence-corrected chi connectivity index (χ3v) is 3.41. The van der Waals surface area contributed by atoms with Gasteiger partial charge in [-0.2, -0.15) is 0 Å². The van der Waals surface area contributed by atoms with E-state index in [0.29, 0.717) is 17.4 Å². The number of aromatic nitrogens is 2. The van der Waals surface area contributed by atoms with E-state index in [0.717, 1.165) is 22.2 Å². The summed E-state index contributed by atoms with van der Waals surface area (Å²) in [7, 11) is 5.02. The second-order valence-electron chi connectivity index (χ2n) is 4.66. The monoisotopic (exact) mass is 294 g/mol. The second kappa shape index (κ2) is 5.89. The number of anilines is 1. The Bertz CT molecular complexity index is 804. The summed E-state index contributed by atoms with van der Waals surface area (Å²) in [5.74, 6) is 1.84. The Hall–Kier alpha value is -2.82. The number of hydrogen-bond acceptors (Lipinski definition) is 5. The van der Waals surface area contributed by atoms with E-state index in [1.165, 1.54) is 0 Å². The quantitative estimate of drug-likeness (QED) is 0.801. The zero-order chi connectivity index (χ0) is 15.5. The fraction of sp³-hybridized carbons (Fsp3) is 0.176. The summed E-state index contributed by atoms with van der Waals surface area (Å²) < 4.78 is 10.7. The van der Waals surface area contributed by atoms with Gasteiger partial charge in [-0.25, -0.2) is 9.97 Å². The van der Waals surface area contributed by atoms with Gasteiger partial charge in [-0.15, -0.1) is 0 Å². The van der Waals surface area contributed by atoms with Crippen LogP contribution >= 0.6 is 0 Å². The molecule has 1 N–H and O–H groups in total. The third kappa shape index (κ3) is 2.41. The van der Waals surface area contributed by atoms with Crippen LogP contribution in [-0.4, -0.2) is 31.2 Å². The van der Waals surface area contributed by atoms with Crippen LogP contribution in [-0.2, 0) is 0 Å². The summed E-state index contributed by atoms with van der Waals surface area (Å²) in [6.45, 7) is 0. The lowest BCUT2D eigenvalue weighted by molar-refractivity contribution is 0.356. The number of benzene rings is 2. The lowest BCUT2D eigenvalue weighted by atomic mass is 10.1. The van der Waals surface area contributed by atoms with Gasteiger partial charge in [0.05, 0.1) is 25.4 Å². The molecule has 0 saturated carbocycles. The van der Waals surface area contributed by atoms with Gasteiger partial charge >= 0.3 is 0 Å². The zero-order valence-electron chi connectivity index (χ0n) is 12.7. The molecule has 1 aromatic heterocycles. The molecule has 0 bridgehead atoms. The molecule has 0 amide bonds. The van der Waals surface area contributed by atoms with Crippen LogP contribution in [0, 0.1) is 6.07 Å². The van der Waals surface area contributed by atoms with Crippen LogP contribution in [0.5, 0.6) is 11.5 Å². The van der Waals surface area contributed by atoms with E-state index in [-0.39, 0.29) is 0 Å². The van der Waals surface area contributed by atoms with Gasteiger partial charge < -0.3 is 14.8 Å². The van der Waals surface area contributed by atoms with Gasteiger partial charge in [-0.05, 0) is 18.2 Å². The van der Waals surface area contributed by atoms with Crippen molar-refractivity contribution in [3.05, 3.63) is 42.5 Å². The molecule has 0 aliphatic heterocycles. The standard InChI is InChI=1S/C17H16N3O2/c1-18-17-19-13-10-15(22-3)14(21-2)9-12(13)16(20-17)11-7-5-4-6-8-11/h4-5,7-10H,1-3H3,(H,18,19,20). The first kappa shape index (κ1) is 14.1. The first-order chi connectivity index (χ1) is 10.8. The summed E-state index contributed by atoms with van der Waals surface area (Å²) in [6, 6.07) is 14.5. The maximum Gasteiger partial charge on any atom is 0.223 e. The average molecular weight is 294 g/mol. The Morgan fingerprint density at radius 1 is 1.09 bits per heavy atom. The van der Waals surface area contributed by atoms with Crippen molar-refractivity contribution in [1.29, 1.82) is 0 Å². The Kier molecular flexibility index (Phi) is 3.78. The minimum absolute atomic E-state index is 0.554. The first-order valence-corrected chi connectivity index (χ1v) is 6.85. The third-order valence-electron chi connectivity index (χ3n) is 3.41. The highest BCUT2D eigenvalue weighted by atomic mass is 16.5. The van der Waals surface area contributed by atoms with Gasteiger partial charge in [-0.3, -0.25) is 0 Å². The Balaban J connectivity index is 2.34. The van der Waals surface area contributed by atoms with Crippen LogP contribution in [0.25, 0.3) is 22.2 Å². The second-order valence-corrected chi connectivity index (χ2v) is 4.66. The van der Waals surface area contributed by atoms with Crippen molar-refractivity contribution in [2.45, 2.75) is 0 Å². The molecule has 22 heavy (non-hydrogen) atoms. The number of rotatable bonds is 4. The highest BCUT2D eigenvalue weighted by Gasteiger charge is 2.14. The van der Waals surface area contributed by atoms with Gasteiger partial charge in [0.15, 0.2) is 11.5 Å². The van der Waals surface area contributed by atoms with Crippen LogP contribution < -0.4 is 14.8 Å². The molecule has 0 fully saturated rings. The molecular formula is C17H16N3O2. The van der Waals surface area contributed by atoms with Gasteiger partial charge in [0.25, 0.3) is 0 Å². The van der Waals surface area contributed by atoms with Gasteiger partial charge in [0, 0.05) is 24.1 Å². The number of methoxy groups -OCH3 is 2.